The van der Waals surface area contributed by atoms with Crippen LogP contribution in [-0.4, -0.2) is 55.6 Å². The van der Waals surface area contributed by atoms with Gasteiger partial charge in [-0.25, -0.2) is 5.14 Å². The van der Waals surface area contributed by atoms with E-state index < -0.39 is 10.2 Å². The van der Waals surface area contributed by atoms with Crippen molar-refractivity contribution in [3.8, 4) is 11.9 Å². The van der Waals surface area contributed by atoms with Crippen LogP contribution in [0, 0.1) is 23.7 Å². The van der Waals surface area contributed by atoms with Crippen molar-refractivity contribution in [1.29, 1.82) is 5.26 Å². The number of aromatic nitrogens is 2. The second-order valence-electron chi connectivity index (χ2n) is 7.63. The summed E-state index contributed by atoms with van der Waals surface area (Å²) in [4.78, 5) is 2.18. The molecule has 0 amide bonds. The van der Waals surface area contributed by atoms with Crippen molar-refractivity contribution in [1.82, 2.24) is 13.9 Å². The van der Waals surface area contributed by atoms with Crippen LogP contribution in [0.25, 0.3) is 5.52 Å². The smallest absolute Gasteiger partial charge is 0.276 e. The number of methoxy groups -OCH3 is 1. The van der Waals surface area contributed by atoms with Crippen LogP contribution in [0.15, 0.2) is 12.3 Å². The molecule has 0 aromatic carbocycles. The van der Waals surface area contributed by atoms with Crippen LogP contribution in [0.4, 0.5) is 5.69 Å². The monoisotopic (exact) mass is 390 g/mol. The van der Waals surface area contributed by atoms with Gasteiger partial charge in [0.05, 0.1) is 30.1 Å². The normalized spacial score (nSPS) is 19.2. The fourth-order valence-corrected chi connectivity index (χ4v) is 4.99. The van der Waals surface area contributed by atoms with Crippen LogP contribution < -0.4 is 14.8 Å². The number of aryl methyl sites for hydroxylation is 1. The first-order chi connectivity index (χ1) is 12.7. The molecule has 2 aromatic rings. The highest BCUT2D eigenvalue weighted by molar-refractivity contribution is 7.86. The topological polar surface area (TPSA) is 117 Å². The van der Waals surface area contributed by atoms with E-state index in [0.717, 1.165) is 42.7 Å². The van der Waals surface area contributed by atoms with Gasteiger partial charge in [0, 0.05) is 37.7 Å². The van der Waals surface area contributed by atoms with Crippen molar-refractivity contribution in [3.63, 3.8) is 0 Å². The third-order valence-corrected chi connectivity index (χ3v) is 6.97. The summed E-state index contributed by atoms with van der Waals surface area (Å²) in [6, 6.07) is 4.09. The van der Waals surface area contributed by atoms with Crippen molar-refractivity contribution in [2.24, 2.45) is 10.6 Å². The lowest BCUT2D eigenvalue weighted by molar-refractivity contribution is 0.0211. The lowest BCUT2D eigenvalue weighted by atomic mass is 9.60. The van der Waals surface area contributed by atoms with Gasteiger partial charge in [-0.15, -0.1) is 0 Å². The van der Waals surface area contributed by atoms with Gasteiger partial charge in [-0.2, -0.15) is 27.6 Å². The van der Waals surface area contributed by atoms with Crippen LogP contribution in [0.2, 0.25) is 0 Å². The van der Waals surface area contributed by atoms with E-state index in [9.17, 15) is 13.7 Å². The number of nitriles is 1. The molecule has 10 heteroatoms. The van der Waals surface area contributed by atoms with Gasteiger partial charge >= 0.3 is 0 Å². The Kier molecular flexibility index (Phi) is 3.89. The Bertz CT molecular complexity index is 1060. The van der Waals surface area contributed by atoms with Gasteiger partial charge in [-0.05, 0) is 25.3 Å². The fraction of sp³-hybridized carbons (Fsp3) is 0.529. The number of fused-ring (bicyclic) bond motifs is 1. The maximum atomic E-state index is 11.5. The van der Waals surface area contributed by atoms with Gasteiger partial charge in [-0.1, -0.05) is 0 Å². The Hall–Kier alpha value is -2.35. The summed E-state index contributed by atoms with van der Waals surface area (Å²) < 4.78 is 31.4. The van der Waals surface area contributed by atoms with E-state index >= 15 is 0 Å². The summed E-state index contributed by atoms with van der Waals surface area (Å²) >= 11 is 0. The molecule has 1 saturated heterocycles. The molecule has 2 aromatic heterocycles. The predicted molar refractivity (Wildman–Crippen MR) is 99.7 cm³/mol. The zero-order valence-corrected chi connectivity index (χ0v) is 16.3. The minimum absolute atomic E-state index is 0.0508. The Morgan fingerprint density at radius 1 is 1.44 bits per heavy atom. The van der Waals surface area contributed by atoms with E-state index in [1.165, 1.54) is 11.4 Å². The van der Waals surface area contributed by atoms with Crippen LogP contribution in [0.5, 0.6) is 5.88 Å². The Balaban J connectivity index is 1.60. The molecule has 1 aliphatic heterocycles. The first kappa shape index (κ1) is 18.0. The van der Waals surface area contributed by atoms with Gasteiger partial charge in [-0.3, -0.25) is 0 Å². The summed E-state index contributed by atoms with van der Waals surface area (Å²) in [5.74, 6) is 0.627. The average Bonchev–Trinajstić information content (AvgIpc) is 2.87. The van der Waals surface area contributed by atoms with Crippen molar-refractivity contribution < 1.29 is 13.2 Å². The highest BCUT2D eigenvalue weighted by Crippen LogP contribution is 2.52. The zero-order valence-electron chi connectivity index (χ0n) is 15.5. The van der Waals surface area contributed by atoms with Crippen LogP contribution in [-0.2, 0) is 10.2 Å². The molecule has 0 atom stereocenters. The molecule has 0 unspecified atom stereocenters. The number of hydrogen-bond acceptors (Lipinski definition) is 6. The molecule has 9 nitrogen and oxygen atoms in total. The molecule has 2 aliphatic rings. The van der Waals surface area contributed by atoms with Gasteiger partial charge in [0.25, 0.3) is 10.2 Å². The standard InChI is InChI=1S/C17H22N6O3S/c1-11-4-14(26-3)23-15(11)16(12(7-18)8-20-23)22-9-17(10-22)5-13(6-17)21(2)27(19,24)25/h4,8,13H,5-6,9-10H2,1-3H3,(H2,19,24,25). The number of nitrogens with two attached hydrogens (primary N) is 1. The lowest BCUT2D eigenvalue weighted by Crippen LogP contribution is -2.67. The second kappa shape index (κ2) is 5.82. The van der Waals surface area contributed by atoms with Gasteiger partial charge in [0.2, 0.25) is 5.88 Å². The maximum absolute atomic E-state index is 11.5. The summed E-state index contributed by atoms with van der Waals surface area (Å²) in [5.41, 5.74) is 3.34. The maximum Gasteiger partial charge on any atom is 0.276 e. The van der Waals surface area contributed by atoms with Crippen molar-refractivity contribution in [2.45, 2.75) is 25.8 Å². The minimum atomic E-state index is -3.66. The largest absolute Gasteiger partial charge is 0.481 e. The lowest BCUT2D eigenvalue weighted by Gasteiger charge is -2.61. The number of rotatable bonds is 4. The molecule has 2 fully saturated rings. The molecule has 2 N–H and O–H groups in total. The summed E-state index contributed by atoms with van der Waals surface area (Å²) in [7, 11) is -0.536. The Morgan fingerprint density at radius 2 is 2.11 bits per heavy atom. The molecular weight excluding hydrogens is 368 g/mol. The molecule has 0 radical (unpaired) electrons. The molecule has 1 saturated carbocycles. The third kappa shape index (κ3) is 2.65. The molecule has 144 valence electrons. The zero-order chi connectivity index (χ0) is 19.6. The molecule has 27 heavy (non-hydrogen) atoms. The highest BCUT2D eigenvalue weighted by Gasteiger charge is 2.55. The van der Waals surface area contributed by atoms with Gasteiger partial charge in [0.15, 0.2) is 0 Å². The number of anilines is 1. The molecule has 3 heterocycles. The summed E-state index contributed by atoms with van der Waals surface area (Å²) in [6.07, 6.45) is 3.12. The number of nitrogens with zero attached hydrogens (tertiary/aromatic N) is 5. The van der Waals surface area contributed by atoms with Crippen molar-refractivity contribution >= 4 is 21.4 Å². The van der Waals surface area contributed by atoms with Crippen molar-refractivity contribution in [2.75, 3.05) is 32.1 Å². The molecular formula is C17H22N6O3S. The Labute approximate surface area is 158 Å². The van der Waals surface area contributed by atoms with E-state index in [1.54, 1.807) is 17.8 Å². The second-order valence-corrected chi connectivity index (χ2v) is 9.23. The van der Waals surface area contributed by atoms with E-state index in [1.807, 2.05) is 13.0 Å². The Morgan fingerprint density at radius 3 is 2.67 bits per heavy atom. The first-order valence-electron chi connectivity index (χ1n) is 8.65. The number of hydrogen-bond donors (Lipinski definition) is 1. The van der Waals surface area contributed by atoms with E-state index in [2.05, 4.69) is 16.1 Å². The van der Waals surface area contributed by atoms with Gasteiger partial charge in [0.1, 0.15) is 6.07 Å². The number of ether oxygens (including phenoxy) is 1. The fourth-order valence-electron chi connectivity index (χ4n) is 4.43. The quantitative estimate of drug-likeness (QED) is 0.818. The average molecular weight is 390 g/mol. The summed E-state index contributed by atoms with van der Waals surface area (Å²) in [6.45, 7) is 3.53. The van der Waals surface area contributed by atoms with Crippen LogP contribution in [0.1, 0.15) is 24.0 Å². The molecule has 4 rings (SSSR count). The van der Waals surface area contributed by atoms with E-state index in [0.29, 0.717) is 11.4 Å². The van der Waals surface area contributed by atoms with Crippen LogP contribution >= 0.6 is 0 Å². The molecule has 0 bridgehead atoms. The minimum Gasteiger partial charge on any atom is -0.481 e. The van der Waals surface area contributed by atoms with Crippen LogP contribution in [0.3, 0.4) is 0 Å². The SMILES string of the molecule is COc1cc(C)c2c(N3CC4(CC(N(C)S(N)(=O)=O)C4)C3)c(C#N)cnn12. The molecule has 1 aliphatic carbocycles. The predicted octanol–water partition coefficient (Wildman–Crippen LogP) is 0.627. The van der Waals surface area contributed by atoms with E-state index in [4.69, 9.17) is 9.88 Å². The molecule has 1 spiro atoms. The highest BCUT2D eigenvalue weighted by atomic mass is 32.2. The first-order valence-corrected chi connectivity index (χ1v) is 10.2. The van der Waals surface area contributed by atoms with E-state index in [-0.39, 0.29) is 11.5 Å². The van der Waals surface area contributed by atoms with Gasteiger partial charge < -0.3 is 9.64 Å². The van der Waals surface area contributed by atoms with Crippen molar-refractivity contribution in [3.05, 3.63) is 23.4 Å². The summed E-state index contributed by atoms with van der Waals surface area (Å²) in [5, 5.41) is 19.1. The third-order valence-electron chi connectivity index (χ3n) is 5.87.